The molecule has 2 aromatic carbocycles. The van der Waals surface area contributed by atoms with Crippen molar-refractivity contribution in [2.24, 2.45) is 0 Å². The summed E-state index contributed by atoms with van der Waals surface area (Å²) >= 11 is 7.64. The molecule has 1 unspecified atom stereocenters. The lowest BCUT2D eigenvalue weighted by Crippen LogP contribution is -2.45. The summed E-state index contributed by atoms with van der Waals surface area (Å²) in [5.41, 5.74) is 5.68. The lowest BCUT2D eigenvalue weighted by molar-refractivity contribution is 0.203. The molecular weight excluding hydrogens is 468 g/mol. The Morgan fingerprint density at radius 2 is 1.88 bits per heavy atom. The van der Waals surface area contributed by atoms with Gasteiger partial charge in [0.05, 0.1) is 18.2 Å². The van der Waals surface area contributed by atoms with E-state index in [4.69, 9.17) is 21.1 Å². The lowest BCUT2D eigenvalue weighted by Gasteiger charge is -2.35. The minimum Gasteiger partial charge on any atom is -0.334 e. The number of aryl methyl sites for hydroxylation is 2. The van der Waals surface area contributed by atoms with Crippen LogP contribution in [0.4, 0.5) is 4.79 Å². The molecule has 1 aliphatic heterocycles. The van der Waals surface area contributed by atoms with Crippen LogP contribution in [-0.4, -0.2) is 21.1 Å². The van der Waals surface area contributed by atoms with Crippen molar-refractivity contribution in [3.63, 3.8) is 0 Å². The number of benzene rings is 2. The first-order chi connectivity index (χ1) is 16.4. The zero-order chi connectivity index (χ0) is 23.8. The van der Waals surface area contributed by atoms with E-state index >= 15 is 0 Å². The molecule has 2 aromatic heterocycles. The number of thiophene rings is 1. The average Bonchev–Trinajstić information content (AvgIpc) is 3.51. The molecule has 34 heavy (non-hydrogen) atoms. The van der Waals surface area contributed by atoms with Crippen LogP contribution in [0.15, 0.2) is 70.2 Å². The Bertz CT molecular complexity index is 1380. The Morgan fingerprint density at radius 1 is 1.09 bits per heavy atom. The molecule has 4 aromatic rings. The number of hydrogen-bond acceptors (Lipinski definition) is 5. The first kappa shape index (κ1) is 22.4. The van der Waals surface area contributed by atoms with Gasteiger partial charge in [-0.25, -0.2) is 4.79 Å². The van der Waals surface area contributed by atoms with Gasteiger partial charge in [-0.3, -0.25) is 4.90 Å². The van der Waals surface area contributed by atoms with E-state index in [9.17, 15) is 4.79 Å². The molecular formula is C26H23ClN4O2S. The number of allylic oxidation sites excluding steroid dienone is 1. The van der Waals surface area contributed by atoms with Crippen LogP contribution in [0.5, 0.6) is 0 Å². The maximum Gasteiger partial charge on any atom is 0.322 e. The quantitative estimate of drug-likeness (QED) is 0.335. The minimum atomic E-state index is -0.412. The molecule has 8 heteroatoms. The third-order valence-electron chi connectivity index (χ3n) is 6.11. The summed E-state index contributed by atoms with van der Waals surface area (Å²) in [5, 5.41) is 10.0. The predicted molar refractivity (Wildman–Crippen MR) is 134 cm³/mol. The zero-order valence-corrected chi connectivity index (χ0v) is 20.6. The summed E-state index contributed by atoms with van der Waals surface area (Å²) in [5.74, 6) is 0.842. The van der Waals surface area contributed by atoms with Crippen LogP contribution in [0.25, 0.3) is 17.0 Å². The minimum absolute atomic E-state index is 0.157. The van der Waals surface area contributed by atoms with E-state index in [1.807, 2.05) is 42.6 Å². The van der Waals surface area contributed by atoms with Crippen LogP contribution >= 0.6 is 22.9 Å². The molecule has 1 N–H and O–H groups in total. The zero-order valence-electron chi connectivity index (χ0n) is 19.0. The highest BCUT2D eigenvalue weighted by atomic mass is 35.5. The largest absolute Gasteiger partial charge is 0.334 e. The van der Waals surface area contributed by atoms with Gasteiger partial charge in [0.2, 0.25) is 5.82 Å². The fourth-order valence-electron chi connectivity index (χ4n) is 4.05. The third-order valence-corrected chi connectivity index (χ3v) is 7.23. The summed E-state index contributed by atoms with van der Waals surface area (Å²) in [6.45, 7) is 6.53. The van der Waals surface area contributed by atoms with Crippen LogP contribution in [0.1, 0.15) is 40.4 Å². The Labute approximate surface area is 206 Å². The molecule has 2 amide bonds. The van der Waals surface area contributed by atoms with E-state index < -0.39 is 6.04 Å². The Hall–Kier alpha value is -3.42. The topological polar surface area (TPSA) is 71.3 Å². The van der Waals surface area contributed by atoms with Crippen molar-refractivity contribution >= 4 is 34.5 Å². The van der Waals surface area contributed by atoms with Crippen molar-refractivity contribution in [2.75, 3.05) is 0 Å². The molecule has 0 spiro atoms. The summed E-state index contributed by atoms with van der Waals surface area (Å²) in [7, 11) is 0. The number of nitrogens with zero attached hydrogens (tertiary/aromatic N) is 3. The summed E-state index contributed by atoms with van der Waals surface area (Å²) in [4.78, 5) is 20.7. The number of hydrogen-bond donors (Lipinski definition) is 1. The van der Waals surface area contributed by atoms with Crippen molar-refractivity contribution in [3.8, 4) is 11.4 Å². The number of carbonyl (C=O) groups excluding carboxylic acids is 1. The molecule has 1 aliphatic rings. The van der Waals surface area contributed by atoms with E-state index in [1.54, 1.807) is 28.4 Å². The van der Waals surface area contributed by atoms with Crippen LogP contribution in [0.3, 0.4) is 0 Å². The number of amides is 2. The standard InChI is InChI=1S/C26H23ClN4O2S/c1-15-6-7-19(13-16(15)2)23-22(17(3)31(26(32)28-23)14-21-5-4-12-34-21)25-29-24(30-33-25)18-8-10-20(27)11-9-18/h4-13,23H,14H2,1-3H3,(H,28,32). The lowest BCUT2D eigenvalue weighted by atomic mass is 9.92. The Balaban J connectivity index is 1.61. The average molecular weight is 491 g/mol. The summed E-state index contributed by atoms with van der Waals surface area (Å²) in [6, 6.07) is 16.9. The molecule has 3 heterocycles. The van der Waals surface area contributed by atoms with Crippen molar-refractivity contribution in [1.29, 1.82) is 0 Å². The van der Waals surface area contributed by atoms with Crippen LogP contribution in [0, 0.1) is 13.8 Å². The third kappa shape index (κ3) is 4.24. The number of rotatable bonds is 5. The number of urea groups is 1. The molecule has 0 saturated carbocycles. The van der Waals surface area contributed by atoms with Gasteiger partial charge in [0, 0.05) is 21.2 Å². The molecule has 172 valence electrons. The number of aromatic nitrogens is 2. The second-order valence-corrected chi connectivity index (χ2v) is 9.79. The summed E-state index contributed by atoms with van der Waals surface area (Å²) < 4.78 is 5.76. The number of carbonyl (C=O) groups is 1. The van der Waals surface area contributed by atoms with Gasteiger partial charge in [-0.05, 0) is 73.2 Å². The van der Waals surface area contributed by atoms with Crippen LogP contribution < -0.4 is 5.32 Å². The van der Waals surface area contributed by atoms with Gasteiger partial charge in [-0.2, -0.15) is 4.98 Å². The molecule has 0 saturated heterocycles. The monoisotopic (exact) mass is 490 g/mol. The number of nitrogens with one attached hydrogen (secondary N) is 1. The Morgan fingerprint density at radius 3 is 2.59 bits per heavy atom. The highest BCUT2D eigenvalue weighted by Gasteiger charge is 2.36. The van der Waals surface area contributed by atoms with E-state index in [1.165, 1.54) is 5.56 Å². The normalized spacial score (nSPS) is 16.2. The SMILES string of the molecule is CC1=C(c2nc(-c3ccc(Cl)cc3)no2)C(c2ccc(C)c(C)c2)NC(=O)N1Cc1cccs1. The van der Waals surface area contributed by atoms with Crippen LogP contribution in [0.2, 0.25) is 5.02 Å². The maximum absolute atomic E-state index is 13.2. The predicted octanol–water partition coefficient (Wildman–Crippen LogP) is 6.77. The second-order valence-electron chi connectivity index (χ2n) is 8.32. The molecule has 1 atom stereocenters. The number of halogens is 1. The second kappa shape index (κ2) is 9.08. The first-order valence-corrected chi connectivity index (χ1v) is 12.1. The smallest absolute Gasteiger partial charge is 0.322 e. The van der Waals surface area contributed by atoms with E-state index in [-0.39, 0.29) is 6.03 Å². The highest BCUT2D eigenvalue weighted by molar-refractivity contribution is 7.09. The van der Waals surface area contributed by atoms with E-state index in [0.29, 0.717) is 23.3 Å². The molecule has 0 fully saturated rings. The molecule has 0 aliphatic carbocycles. The van der Waals surface area contributed by atoms with Gasteiger partial charge in [0.25, 0.3) is 5.89 Å². The van der Waals surface area contributed by atoms with Crippen molar-refractivity contribution in [1.82, 2.24) is 20.4 Å². The molecule has 0 bridgehead atoms. The van der Waals surface area contributed by atoms with Crippen LogP contribution in [-0.2, 0) is 6.54 Å². The van der Waals surface area contributed by atoms with Gasteiger partial charge in [0.15, 0.2) is 0 Å². The maximum atomic E-state index is 13.2. The molecule has 6 nitrogen and oxygen atoms in total. The van der Waals surface area contributed by atoms with Gasteiger partial charge < -0.3 is 9.84 Å². The Kier molecular flexibility index (Phi) is 5.98. The fraction of sp³-hybridized carbons (Fsp3) is 0.192. The molecule has 5 rings (SSSR count). The van der Waals surface area contributed by atoms with Crippen molar-refractivity contribution in [2.45, 2.75) is 33.4 Å². The van der Waals surface area contributed by atoms with E-state index in [2.05, 4.69) is 36.5 Å². The van der Waals surface area contributed by atoms with Gasteiger partial charge in [-0.1, -0.05) is 41.0 Å². The van der Waals surface area contributed by atoms with Gasteiger partial charge >= 0.3 is 6.03 Å². The van der Waals surface area contributed by atoms with Gasteiger partial charge in [0.1, 0.15) is 0 Å². The van der Waals surface area contributed by atoms with Gasteiger partial charge in [-0.15, -0.1) is 11.3 Å². The fourth-order valence-corrected chi connectivity index (χ4v) is 4.87. The first-order valence-electron chi connectivity index (χ1n) is 10.9. The molecule has 0 radical (unpaired) electrons. The van der Waals surface area contributed by atoms with E-state index in [0.717, 1.165) is 32.8 Å². The highest BCUT2D eigenvalue weighted by Crippen LogP contribution is 2.38. The van der Waals surface area contributed by atoms with Crippen molar-refractivity contribution < 1.29 is 9.32 Å². The van der Waals surface area contributed by atoms with Crippen molar-refractivity contribution in [3.05, 3.63) is 98.2 Å². The summed E-state index contributed by atoms with van der Waals surface area (Å²) in [6.07, 6.45) is 0.